The minimum atomic E-state index is -0.289. The maximum atomic E-state index is 12.9. The summed E-state index contributed by atoms with van der Waals surface area (Å²) in [5.74, 6) is 0.243. The largest absolute Gasteiger partial charge is 0.374 e. The van der Waals surface area contributed by atoms with Crippen LogP contribution < -0.4 is 0 Å². The molecule has 1 saturated heterocycles. The fourth-order valence-corrected chi connectivity index (χ4v) is 3.32. The zero-order valence-corrected chi connectivity index (χ0v) is 15.7. The Labute approximate surface area is 164 Å². The zero-order chi connectivity index (χ0) is 19.3. The maximum Gasteiger partial charge on any atom is 0.274 e. The molecule has 28 heavy (non-hydrogen) atoms. The summed E-state index contributed by atoms with van der Waals surface area (Å²) >= 11 is 0. The monoisotopic (exact) mass is 380 g/mol. The molecule has 1 aromatic carbocycles. The van der Waals surface area contributed by atoms with E-state index in [1.165, 1.54) is 36.3 Å². The summed E-state index contributed by atoms with van der Waals surface area (Å²) < 4.78 is 6.10. The van der Waals surface area contributed by atoms with Crippen molar-refractivity contribution in [2.24, 2.45) is 5.92 Å². The topological polar surface area (TPSA) is 75.6 Å². The van der Waals surface area contributed by atoms with E-state index in [4.69, 9.17) is 4.74 Å². The predicted octanol–water partition coefficient (Wildman–Crippen LogP) is 1.76. The molecule has 0 spiro atoms. The summed E-state index contributed by atoms with van der Waals surface area (Å²) in [6, 6.07) is 9.88. The Morgan fingerprint density at radius 1 is 1.14 bits per heavy atom. The average molecular weight is 380 g/mol. The molecule has 146 valence electrons. The van der Waals surface area contributed by atoms with Crippen molar-refractivity contribution in [2.75, 3.05) is 26.2 Å². The molecule has 1 atom stereocenters. The quantitative estimate of drug-likeness (QED) is 0.763. The van der Waals surface area contributed by atoms with Crippen LogP contribution in [0.15, 0.2) is 48.9 Å². The van der Waals surface area contributed by atoms with Gasteiger partial charge in [-0.25, -0.2) is 4.98 Å². The van der Waals surface area contributed by atoms with Crippen molar-refractivity contribution in [1.82, 2.24) is 19.8 Å². The molecular weight excluding hydrogens is 356 g/mol. The Morgan fingerprint density at radius 2 is 1.96 bits per heavy atom. The lowest BCUT2D eigenvalue weighted by Gasteiger charge is -2.25. The van der Waals surface area contributed by atoms with Crippen LogP contribution in [-0.4, -0.2) is 63.9 Å². The van der Waals surface area contributed by atoms with Crippen molar-refractivity contribution in [3.8, 4) is 0 Å². The van der Waals surface area contributed by atoms with E-state index in [-0.39, 0.29) is 30.2 Å². The summed E-state index contributed by atoms with van der Waals surface area (Å²) in [5, 5.41) is 0. The first-order valence-electron chi connectivity index (χ1n) is 9.67. The van der Waals surface area contributed by atoms with E-state index >= 15 is 0 Å². The summed E-state index contributed by atoms with van der Waals surface area (Å²) in [5.41, 5.74) is 1.30. The van der Waals surface area contributed by atoms with E-state index in [0.717, 1.165) is 5.56 Å². The van der Waals surface area contributed by atoms with Gasteiger partial charge in [0.1, 0.15) is 12.2 Å². The van der Waals surface area contributed by atoms with Gasteiger partial charge in [0.25, 0.3) is 5.91 Å². The molecule has 0 radical (unpaired) electrons. The number of aromatic nitrogens is 2. The van der Waals surface area contributed by atoms with Crippen molar-refractivity contribution in [1.29, 1.82) is 0 Å². The van der Waals surface area contributed by atoms with E-state index in [0.29, 0.717) is 32.2 Å². The molecule has 0 unspecified atom stereocenters. The van der Waals surface area contributed by atoms with Gasteiger partial charge in [0, 0.05) is 38.6 Å². The van der Waals surface area contributed by atoms with Gasteiger partial charge < -0.3 is 14.5 Å². The molecule has 2 aliphatic rings. The lowest BCUT2D eigenvalue weighted by atomic mass is 10.2. The number of amides is 2. The van der Waals surface area contributed by atoms with Crippen LogP contribution in [-0.2, 0) is 16.1 Å². The van der Waals surface area contributed by atoms with Crippen molar-refractivity contribution in [3.63, 3.8) is 0 Å². The highest BCUT2D eigenvalue weighted by atomic mass is 16.5. The average Bonchev–Trinajstić information content (AvgIpc) is 3.56. The van der Waals surface area contributed by atoms with Gasteiger partial charge in [0.2, 0.25) is 5.91 Å². The van der Waals surface area contributed by atoms with Gasteiger partial charge in [-0.3, -0.25) is 14.6 Å². The Bertz CT molecular complexity index is 811. The summed E-state index contributed by atoms with van der Waals surface area (Å²) in [6.45, 7) is 2.07. The molecule has 1 aliphatic heterocycles. The van der Waals surface area contributed by atoms with E-state index in [9.17, 15) is 9.59 Å². The standard InChI is InChI=1S/C21H24N4O3/c26-20-14-25(21(27)19-10-22-8-9-23-19)13-18(28-15-17-6-7-17)12-24(20)11-16-4-2-1-3-5-16/h1-5,8-10,17-18H,6-7,11-15H2/t18-/m0/s1. The Hall–Kier alpha value is -2.80. The number of hydrogen-bond donors (Lipinski definition) is 0. The Morgan fingerprint density at radius 3 is 2.68 bits per heavy atom. The van der Waals surface area contributed by atoms with Crippen LogP contribution in [0.25, 0.3) is 0 Å². The van der Waals surface area contributed by atoms with Gasteiger partial charge >= 0.3 is 0 Å². The van der Waals surface area contributed by atoms with Gasteiger partial charge in [-0.1, -0.05) is 30.3 Å². The first-order valence-corrected chi connectivity index (χ1v) is 9.67. The SMILES string of the molecule is O=C1CN(C(=O)c2cnccn2)C[C@@H](OCC2CC2)CN1Cc1ccccc1. The molecule has 2 aromatic rings. The Balaban J connectivity index is 1.51. The lowest BCUT2D eigenvalue weighted by Crippen LogP contribution is -2.40. The van der Waals surface area contributed by atoms with Gasteiger partial charge in [-0.2, -0.15) is 0 Å². The smallest absolute Gasteiger partial charge is 0.274 e. The molecule has 7 nitrogen and oxygen atoms in total. The first kappa shape index (κ1) is 18.6. The van der Waals surface area contributed by atoms with E-state index < -0.39 is 0 Å². The highest BCUT2D eigenvalue weighted by Crippen LogP contribution is 2.29. The molecule has 2 heterocycles. The number of carbonyl (C=O) groups is 2. The number of hydrogen-bond acceptors (Lipinski definition) is 5. The first-order chi connectivity index (χ1) is 13.7. The fourth-order valence-electron chi connectivity index (χ4n) is 3.32. The summed E-state index contributed by atoms with van der Waals surface area (Å²) in [6.07, 6.45) is 6.61. The molecule has 1 saturated carbocycles. The van der Waals surface area contributed by atoms with Gasteiger partial charge in [-0.15, -0.1) is 0 Å². The number of nitrogens with zero attached hydrogens (tertiary/aromatic N) is 4. The number of ether oxygens (including phenoxy) is 1. The van der Waals surface area contributed by atoms with Gasteiger partial charge in [0.05, 0.1) is 12.3 Å². The third-order valence-electron chi connectivity index (χ3n) is 5.08. The van der Waals surface area contributed by atoms with Gasteiger partial charge in [0.15, 0.2) is 0 Å². The zero-order valence-electron chi connectivity index (χ0n) is 15.7. The van der Waals surface area contributed by atoms with Crippen LogP contribution >= 0.6 is 0 Å². The number of benzene rings is 1. The highest BCUT2D eigenvalue weighted by Gasteiger charge is 2.33. The van der Waals surface area contributed by atoms with E-state index in [1.807, 2.05) is 30.3 Å². The molecule has 4 rings (SSSR count). The van der Waals surface area contributed by atoms with Crippen molar-refractivity contribution in [3.05, 3.63) is 60.2 Å². The van der Waals surface area contributed by atoms with Gasteiger partial charge in [-0.05, 0) is 24.3 Å². The molecule has 0 N–H and O–H groups in total. The van der Waals surface area contributed by atoms with Crippen LogP contribution in [0.1, 0.15) is 28.9 Å². The van der Waals surface area contributed by atoms with Crippen LogP contribution in [0.3, 0.4) is 0 Å². The molecule has 1 aromatic heterocycles. The normalized spacial score (nSPS) is 20.1. The molecule has 0 bridgehead atoms. The fraction of sp³-hybridized carbons (Fsp3) is 0.429. The second kappa shape index (κ2) is 8.48. The predicted molar refractivity (Wildman–Crippen MR) is 102 cm³/mol. The molecule has 7 heteroatoms. The second-order valence-corrected chi connectivity index (χ2v) is 7.43. The van der Waals surface area contributed by atoms with E-state index in [2.05, 4.69) is 9.97 Å². The number of rotatable bonds is 6. The van der Waals surface area contributed by atoms with Crippen molar-refractivity contribution in [2.45, 2.75) is 25.5 Å². The Kier molecular flexibility index (Phi) is 5.62. The summed E-state index contributed by atoms with van der Waals surface area (Å²) in [4.78, 5) is 37.1. The minimum Gasteiger partial charge on any atom is -0.374 e. The molecule has 2 amide bonds. The maximum absolute atomic E-state index is 12.9. The lowest BCUT2D eigenvalue weighted by molar-refractivity contribution is -0.132. The number of carbonyl (C=O) groups excluding carboxylic acids is 2. The molecule has 1 aliphatic carbocycles. The van der Waals surface area contributed by atoms with Crippen LogP contribution in [0, 0.1) is 5.92 Å². The summed E-state index contributed by atoms with van der Waals surface area (Å²) in [7, 11) is 0. The van der Waals surface area contributed by atoms with Crippen LogP contribution in [0.5, 0.6) is 0 Å². The van der Waals surface area contributed by atoms with Crippen LogP contribution in [0.4, 0.5) is 0 Å². The van der Waals surface area contributed by atoms with Crippen LogP contribution in [0.2, 0.25) is 0 Å². The third kappa shape index (κ3) is 4.72. The third-order valence-corrected chi connectivity index (χ3v) is 5.08. The molecular formula is C21H24N4O3. The van der Waals surface area contributed by atoms with Crippen molar-refractivity contribution >= 4 is 11.8 Å². The highest BCUT2D eigenvalue weighted by molar-refractivity contribution is 5.95. The van der Waals surface area contributed by atoms with Crippen molar-refractivity contribution < 1.29 is 14.3 Å². The molecule has 2 fully saturated rings. The minimum absolute atomic E-state index is 0.0194. The second-order valence-electron chi connectivity index (χ2n) is 7.43. The van der Waals surface area contributed by atoms with E-state index in [1.54, 1.807) is 4.90 Å².